The number of benzene rings is 2. The molecule has 2 aromatic rings. The van der Waals surface area contributed by atoms with Crippen molar-refractivity contribution in [2.24, 2.45) is 0 Å². The maximum atomic E-state index is 13.2. The minimum Gasteiger partial charge on any atom is -0.397 e. The van der Waals surface area contributed by atoms with Gasteiger partial charge in [-0.2, -0.15) is 0 Å². The van der Waals surface area contributed by atoms with Gasteiger partial charge >= 0.3 is 0 Å². The van der Waals surface area contributed by atoms with E-state index in [0.717, 1.165) is 5.56 Å². The van der Waals surface area contributed by atoms with Gasteiger partial charge in [0, 0.05) is 48.3 Å². The molecule has 6 rings (SSSR count). The normalized spacial score (nSPS) is 22.8. The van der Waals surface area contributed by atoms with Crippen molar-refractivity contribution < 1.29 is 28.8 Å². The summed E-state index contributed by atoms with van der Waals surface area (Å²) in [5, 5.41) is 7.86. The Kier molecular flexibility index (Phi) is 5.40. The van der Waals surface area contributed by atoms with Crippen molar-refractivity contribution >= 4 is 52.5 Å². The molecule has 2 aromatic carbocycles. The van der Waals surface area contributed by atoms with Crippen LogP contribution in [-0.2, 0) is 32.3 Å². The standard InChI is InChI=1S/C26H24N6O6/c27-17-4-3-15-16(11-32(26(15)38)19-6-8-21(34)30-24(19)36)22(17)28-13-1-2-14-12(9-13)10-31(25(14)37)18-5-7-20(33)29-23(18)35/h1-4,9,18-19,28H,5-8,10-11,27H2,(H,29,33,35)(H,30,34,36). The van der Waals surface area contributed by atoms with Crippen molar-refractivity contribution in [3.05, 3.63) is 52.6 Å². The lowest BCUT2D eigenvalue weighted by molar-refractivity contribution is -0.138. The van der Waals surface area contributed by atoms with Gasteiger partial charge in [0.15, 0.2) is 0 Å². The van der Waals surface area contributed by atoms with Gasteiger partial charge in [0.1, 0.15) is 12.1 Å². The number of nitrogens with one attached hydrogen (secondary N) is 3. The highest BCUT2D eigenvalue weighted by molar-refractivity contribution is 6.07. The number of hydrogen-bond acceptors (Lipinski definition) is 8. The number of nitrogens with zero attached hydrogens (tertiary/aromatic N) is 2. The van der Waals surface area contributed by atoms with Gasteiger partial charge in [-0.15, -0.1) is 0 Å². The van der Waals surface area contributed by atoms with Crippen LogP contribution in [0.15, 0.2) is 30.3 Å². The van der Waals surface area contributed by atoms with Gasteiger partial charge in [0.2, 0.25) is 23.6 Å². The molecular weight excluding hydrogens is 492 g/mol. The Bertz CT molecular complexity index is 1470. The number of imide groups is 2. The second-order valence-electron chi connectivity index (χ2n) is 9.85. The molecule has 12 heteroatoms. The zero-order valence-corrected chi connectivity index (χ0v) is 20.2. The van der Waals surface area contributed by atoms with Crippen LogP contribution in [0.25, 0.3) is 0 Å². The van der Waals surface area contributed by atoms with Gasteiger partial charge in [0.05, 0.1) is 11.4 Å². The summed E-state index contributed by atoms with van der Waals surface area (Å²) in [6.45, 7) is 0.376. The highest BCUT2D eigenvalue weighted by Crippen LogP contribution is 2.38. The molecule has 0 aliphatic carbocycles. The molecule has 2 unspecified atom stereocenters. The third kappa shape index (κ3) is 3.76. The minimum absolute atomic E-state index is 0.153. The highest BCUT2D eigenvalue weighted by Gasteiger charge is 2.41. The Balaban J connectivity index is 1.24. The third-order valence-electron chi connectivity index (χ3n) is 7.54. The van der Waals surface area contributed by atoms with Crippen LogP contribution in [0.5, 0.6) is 0 Å². The van der Waals surface area contributed by atoms with Crippen molar-refractivity contribution in [1.29, 1.82) is 0 Å². The molecule has 2 fully saturated rings. The van der Waals surface area contributed by atoms with E-state index < -0.39 is 23.9 Å². The number of amides is 6. The first-order valence-electron chi connectivity index (χ1n) is 12.3. The topological polar surface area (TPSA) is 171 Å². The SMILES string of the molecule is Nc1ccc2c(c1Nc1ccc3c(c1)CN(C1CCC(=O)NC1=O)C3=O)CN(C1CCC(=O)NC1=O)C2=O. The molecule has 12 nitrogen and oxygen atoms in total. The highest BCUT2D eigenvalue weighted by atomic mass is 16.2. The number of nitrogen functional groups attached to an aromatic ring is 1. The predicted octanol–water partition coefficient (Wildman–Crippen LogP) is 0.534. The van der Waals surface area contributed by atoms with Crippen molar-refractivity contribution in [1.82, 2.24) is 20.4 Å². The first kappa shape index (κ1) is 23.6. The molecule has 4 aliphatic heterocycles. The Labute approximate surface area is 216 Å². The van der Waals surface area contributed by atoms with Gasteiger partial charge in [-0.25, -0.2) is 0 Å². The largest absolute Gasteiger partial charge is 0.397 e. The molecule has 4 aliphatic rings. The molecule has 0 saturated carbocycles. The molecule has 2 atom stereocenters. The molecule has 0 spiro atoms. The maximum Gasteiger partial charge on any atom is 0.255 e. The summed E-state index contributed by atoms with van der Waals surface area (Å²) in [7, 11) is 0. The van der Waals surface area contributed by atoms with E-state index in [1.165, 1.54) is 9.80 Å². The Hall–Kier alpha value is -4.74. The van der Waals surface area contributed by atoms with Crippen LogP contribution < -0.4 is 21.7 Å². The van der Waals surface area contributed by atoms with Crippen LogP contribution in [0.3, 0.4) is 0 Å². The number of carbonyl (C=O) groups excluding carboxylic acids is 6. The van der Waals surface area contributed by atoms with Gasteiger partial charge in [0.25, 0.3) is 11.8 Å². The van der Waals surface area contributed by atoms with E-state index in [2.05, 4.69) is 16.0 Å². The lowest BCUT2D eigenvalue weighted by Gasteiger charge is -2.29. The first-order valence-corrected chi connectivity index (χ1v) is 12.3. The average Bonchev–Trinajstić information content (AvgIpc) is 3.37. The van der Waals surface area contributed by atoms with Crippen molar-refractivity contribution in [2.45, 2.75) is 50.9 Å². The molecule has 38 heavy (non-hydrogen) atoms. The predicted molar refractivity (Wildman–Crippen MR) is 133 cm³/mol. The van der Waals surface area contributed by atoms with E-state index in [0.29, 0.717) is 33.8 Å². The molecular formula is C26H24N6O6. The van der Waals surface area contributed by atoms with E-state index in [1.807, 2.05) is 0 Å². The van der Waals surface area contributed by atoms with E-state index in [9.17, 15) is 28.8 Å². The third-order valence-corrected chi connectivity index (χ3v) is 7.54. The van der Waals surface area contributed by atoms with Crippen LogP contribution in [0, 0.1) is 0 Å². The number of hydrogen-bond donors (Lipinski definition) is 4. The van der Waals surface area contributed by atoms with Crippen molar-refractivity contribution in [2.75, 3.05) is 11.1 Å². The number of fused-ring (bicyclic) bond motifs is 2. The Morgan fingerprint density at radius 1 is 0.763 bits per heavy atom. The van der Waals surface area contributed by atoms with E-state index in [4.69, 9.17) is 5.73 Å². The zero-order chi connectivity index (χ0) is 26.7. The molecule has 0 aromatic heterocycles. The summed E-state index contributed by atoms with van der Waals surface area (Å²) < 4.78 is 0. The van der Waals surface area contributed by atoms with E-state index in [1.54, 1.807) is 30.3 Å². The van der Waals surface area contributed by atoms with Gasteiger partial charge in [-0.1, -0.05) is 0 Å². The van der Waals surface area contributed by atoms with Crippen molar-refractivity contribution in [3.8, 4) is 0 Å². The fourth-order valence-electron chi connectivity index (χ4n) is 5.60. The molecule has 2 saturated heterocycles. The monoisotopic (exact) mass is 516 g/mol. The van der Waals surface area contributed by atoms with E-state index >= 15 is 0 Å². The fraction of sp³-hybridized carbons (Fsp3) is 0.308. The lowest BCUT2D eigenvalue weighted by Crippen LogP contribution is -2.52. The summed E-state index contributed by atoms with van der Waals surface area (Å²) in [5.41, 5.74) is 10.1. The fourth-order valence-corrected chi connectivity index (χ4v) is 5.60. The number of anilines is 3. The summed E-state index contributed by atoms with van der Waals surface area (Å²) in [4.78, 5) is 76.9. The maximum absolute atomic E-state index is 13.2. The number of nitrogens with two attached hydrogens (primary N) is 1. The number of carbonyl (C=O) groups is 6. The van der Waals surface area contributed by atoms with Gasteiger partial charge in [-0.3, -0.25) is 39.4 Å². The summed E-state index contributed by atoms with van der Waals surface area (Å²) in [5.74, 6) is -2.24. The molecule has 6 amide bonds. The summed E-state index contributed by atoms with van der Waals surface area (Å²) in [6, 6.07) is 6.99. The molecule has 0 bridgehead atoms. The quantitative estimate of drug-likeness (QED) is 0.337. The van der Waals surface area contributed by atoms with Crippen LogP contribution in [0.4, 0.5) is 17.1 Å². The number of piperidine rings is 2. The molecule has 5 N–H and O–H groups in total. The van der Waals surface area contributed by atoms with Crippen molar-refractivity contribution in [3.63, 3.8) is 0 Å². The Morgan fingerprint density at radius 2 is 1.34 bits per heavy atom. The number of rotatable bonds is 4. The lowest BCUT2D eigenvalue weighted by atomic mass is 10.0. The second kappa shape index (κ2) is 8.68. The first-order chi connectivity index (χ1) is 18.2. The summed E-state index contributed by atoms with van der Waals surface area (Å²) in [6.07, 6.45) is 0.870. The van der Waals surface area contributed by atoms with Crippen LogP contribution in [-0.4, -0.2) is 57.3 Å². The average molecular weight is 517 g/mol. The summed E-state index contributed by atoms with van der Waals surface area (Å²) >= 11 is 0. The second-order valence-corrected chi connectivity index (χ2v) is 9.85. The molecule has 4 heterocycles. The van der Waals surface area contributed by atoms with E-state index in [-0.39, 0.29) is 62.4 Å². The zero-order valence-electron chi connectivity index (χ0n) is 20.2. The van der Waals surface area contributed by atoms with Crippen LogP contribution >= 0.6 is 0 Å². The van der Waals surface area contributed by atoms with Gasteiger partial charge in [-0.05, 0) is 48.7 Å². The Morgan fingerprint density at radius 3 is 1.97 bits per heavy atom. The smallest absolute Gasteiger partial charge is 0.255 e. The minimum atomic E-state index is -0.744. The molecule has 0 radical (unpaired) electrons. The molecule has 194 valence electrons. The van der Waals surface area contributed by atoms with Crippen LogP contribution in [0.2, 0.25) is 0 Å². The van der Waals surface area contributed by atoms with Gasteiger partial charge < -0.3 is 20.9 Å². The van der Waals surface area contributed by atoms with Crippen LogP contribution in [0.1, 0.15) is 57.5 Å².